The first-order valence-electron chi connectivity index (χ1n) is 9.93. The number of nitrogens with two attached hydrogens (primary N) is 1. The van der Waals surface area contributed by atoms with E-state index < -0.39 is 0 Å². The highest BCUT2D eigenvalue weighted by molar-refractivity contribution is 6.06. The number of imidazole rings is 1. The molecule has 2 fully saturated rings. The van der Waals surface area contributed by atoms with Crippen LogP contribution in [0.5, 0.6) is 0 Å². The number of nitrogen functional groups attached to an aromatic ring is 1. The minimum Gasteiger partial charge on any atom is -0.382 e. The number of anilines is 1. The molecule has 1 saturated carbocycles. The van der Waals surface area contributed by atoms with Gasteiger partial charge in [-0.15, -0.1) is 0 Å². The Labute approximate surface area is 154 Å². The Bertz CT molecular complexity index is 961. The molecule has 5 rings (SSSR count). The van der Waals surface area contributed by atoms with Gasteiger partial charge in [-0.2, -0.15) is 0 Å². The van der Waals surface area contributed by atoms with Crippen molar-refractivity contribution < 1.29 is 0 Å². The first kappa shape index (κ1) is 16.1. The summed E-state index contributed by atoms with van der Waals surface area (Å²) < 4.78 is 2.47. The van der Waals surface area contributed by atoms with Gasteiger partial charge in [-0.05, 0) is 36.7 Å². The van der Waals surface area contributed by atoms with E-state index in [1.807, 2.05) is 12.1 Å². The summed E-state index contributed by atoms with van der Waals surface area (Å²) in [6.45, 7) is 5.70. The number of rotatable bonds is 5. The number of pyridine rings is 1. The second-order valence-corrected chi connectivity index (χ2v) is 8.33. The van der Waals surface area contributed by atoms with Gasteiger partial charge < -0.3 is 15.6 Å². The van der Waals surface area contributed by atoms with E-state index in [1.54, 1.807) is 0 Å². The van der Waals surface area contributed by atoms with E-state index in [9.17, 15) is 0 Å². The van der Waals surface area contributed by atoms with Crippen molar-refractivity contribution in [2.75, 3.05) is 18.8 Å². The Balaban J connectivity index is 1.60. The number of nitrogens with one attached hydrogen (secondary N) is 1. The van der Waals surface area contributed by atoms with Crippen molar-refractivity contribution in [3.63, 3.8) is 0 Å². The van der Waals surface area contributed by atoms with E-state index in [2.05, 4.69) is 33.9 Å². The fourth-order valence-electron chi connectivity index (χ4n) is 4.95. The minimum absolute atomic E-state index is 0.559. The van der Waals surface area contributed by atoms with Crippen molar-refractivity contribution in [3.05, 3.63) is 30.1 Å². The first-order valence-corrected chi connectivity index (χ1v) is 9.93. The summed E-state index contributed by atoms with van der Waals surface area (Å²) in [5, 5.41) is 4.61. The van der Waals surface area contributed by atoms with Gasteiger partial charge in [-0.1, -0.05) is 31.5 Å². The van der Waals surface area contributed by atoms with Crippen molar-refractivity contribution in [1.82, 2.24) is 19.9 Å². The molecule has 1 aliphatic heterocycles. The molecule has 5 nitrogen and oxygen atoms in total. The van der Waals surface area contributed by atoms with E-state index in [0.717, 1.165) is 36.3 Å². The molecule has 0 unspecified atom stereocenters. The number of aromatic nitrogens is 3. The molecule has 3 heterocycles. The SMILES string of the molecule is CCCCc1nc2c(N)nc3ccccc3c2n1CC1CC2(CNC2)C1. The highest BCUT2D eigenvalue weighted by Gasteiger charge is 2.48. The van der Waals surface area contributed by atoms with Crippen LogP contribution in [0.4, 0.5) is 5.82 Å². The van der Waals surface area contributed by atoms with Crippen molar-refractivity contribution >= 4 is 27.8 Å². The van der Waals surface area contributed by atoms with Gasteiger partial charge in [0.15, 0.2) is 5.82 Å². The van der Waals surface area contributed by atoms with Crippen LogP contribution in [0.25, 0.3) is 21.9 Å². The van der Waals surface area contributed by atoms with Crippen LogP contribution in [-0.4, -0.2) is 27.6 Å². The average Bonchev–Trinajstić information content (AvgIpc) is 2.93. The molecular weight excluding hydrogens is 322 g/mol. The maximum absolute atomic E-state index is 6.29. The van der Waals surface area contributed by atoms with Gasteiger partial charge in [-0.25, -0.2) is 9.97 Å². The number of unbranched alkanes of at least 4 members (excludes halogenated alkanes) is 1. The van der Waals surface area contributed by atoms with E-state index in [4.69, 9.17) is 10.7 Å². The molecule has 0 amide bonds. The monoisotopic (exact) mass is 349 g/mol. The lowest BCUT2D eigenvalue weighted by Gasteiger charge is -2.54. The van der Waals surface area contributed by atoms with Gasteiger partial charge in [0, 0.05) is 31.4 Å². The molecule has 0 bridgehead atoms. The molecule has 2 aromatic heterocycles. The molecule has 3 N–H and O–H groups in total. The van der Waals surface area contributed by atoms with Crippen LogP contribution in [-0.2, 0) is 13.0 Å². The summed E-state index contributed by atoms with van der Waals surface area (Å²) in [5.41, 5.74) is 9.93. The highest BCUT2D eigenvalue weighted by Crippen LogP contribution is 2.49. The molecular formula is C21H27N5. The molecule has 0 atom stereocenters. The zero-order valence-electron chi connectivity index (χ0n) is 15.5. The first-order chi connectivity index (χ1) is 12.7. The molecule has 1 aliphatic carbocycles. The molecule has 1 spiro atoms. The van der Waals surface area contributed by atoms with Crippen LogP contribution in [0.3, 0.4) is 0 Å². The van der Waals surface area contributed by atoms with Gasteiger partial charge >= 0.3 is 0 Å². The zero-order chi connectivity index (χ0) is 17.7. The summed E-state index contributed by atoms with van der Waals surface area (Å²) in [6, 6.07) is 8.32. The Morgan fingerprint density at radius 1 is 1.23 bits per heavy atom. The van der Waals surface area contributed by atoms with E-state index >= 15 is 0 Å². The summed E-state index contributed by atoms with van der Waals surface area (Å²) in [7, 11) is 0. The molecule has 5 heteroatoms. The predicted molar refractivity (Wildman–Crippen MR) is 106 cm³/mol. The summed E-state index contributed by atoms with van der Waals surface area (Å²) in [4.78, 5) is 9.54. The van der Waals surface area contributed by atoms with Gasteiger partial charge in [0.25, 0.3) is 0 Å². The van der Waals surface area contributed by atoms with Crippen LogP contribution in [0.1, 0.15) is 38.4 Å². The maximum Gasteiger partial charge on any atom is 0.152 e. The smallest absolute Gasteiger partial charge is 0.152 e. The number of aryl methyl sites for hydroxylation is 1. The molecule has 136 valence electrons. The Kier molecular flexibility index (Phi) is 3.67. The van der Waals surface area contributed by atoms with E-state index in [-0.39, 0.29) is 0 Å². The molecule has 26 heavy (non-hydrogen) atoms. The molecule has 1 aromatic carbocycles. The highest BCUT2D eigenvalue weighted by atomic mass is 15.1. The molecule has 1 saturated heterocycles. The normalized spacial score (nSPS) is 19.1. The van der Waals surface area contributed by atoms with Crippen LogP contribution in [0.15, 0.2) is 24.3 Å². The van der Waals surface area contributed by atoms with E-state index in [1.165, 1.54) is 49.1 Å². The van der Waals surface area contributed by atoms with Crippen molar-refractivity contribution in [2.45, 2.75) is 45.6 Å². The number of para-hydroxylation sites is 1. The second-order valence-electron chi connectivity index (χ2n) is 8.33. The van der Waals surface area contributed by atoms with Crippen LogP contribution in [0, 0.1) is 11.3 Å². The largest absolute Gasteiger partial charge is 0.382 e. The fraction of sp³-hybridized carbons (Fsp3) is 0.524. The number of fused-ring (bicyclic) bond motifs is 3. The lowest BCUT2D eigenvalue weighted by Crippen LogP contribution is -2.60. The zero-order valence-corrected chi connectivity index (χ0v) is 15.5. The molecule has 0 radical (unpaired) electrons. The van der Waals surface area contributed by atoms with Gasteiger partial charge in [0.2, 0.25) is 0 Å². The standard InChI is InChI=1S/C21H27N5/c1-2-3-8-17-25-18-19(15-6-4-5-7-16(15)24-20(18)22)26(17)11-14-9-21(10-14)12-23-13-21/h4-7,14,23H,2-3,8-13H2,1H3,(H2,22,24). The third-order valence-electron chi connectivity index (χ3n) is 6.33. The maximum atomic E-state index is 6.29. The van der Waals surface area contributed by atoms with Crippen LogP contribution in [0.2, 0.25) is 0 Å². The van der Waals surface area contributed by atoms with Crippen molar-refractivity contribution in [3.8, 4) is 0 Å². The third-order valence-corrected chi connectivity index (χ3v) is 6.33. The lowest BCUT2D eigenvalue weighted by atomic mass is 9.58. The van der Waals surface area contributed by atoms with Crippen LogP contribution < -0.4 is 11.1 Å². The Hall–Kier alpha value is -2.14. The topological polar surface area (TPSA) is 68.8 Å². The summed E-state index contributed by atoms with van der Waals surface area (Å²) >= 11 is 0. The number of hydrogen-bond donors (Lipinski definition) is 2. The Morgan fingerprint density at radius 2 is 2.04 bits per heavy atom. The van der Waals surface area contributed by atoms with Crippen molar-refractivity contribution in [1.29, 1.82) is 0 Å². The summed E-state index contributed by atoms with van der Waals surface area (Å²) in [5.74, 6) is 2.49. The van der Waals surface area contributed by atoms with Gasteiger partial charge in [-0.3, -0.25) is 0 Å². The third kappa shape index (κ3) is 2.41. The Morgan fingerprint density at radius 3 is 2.77 bits per heavy atom. The lowest BCUT2D eigenvalue weighted by molar-refractivity contribution is -0.00696. The van der Waals surface area contributed by atoms with E-state index in [0.29, 0.717) is 11.2 Å². The average molecular weight is 349 g/mol. The number of benzene rings is 1. The number of hydrogen-bond acceptors (Lipinski definition) is 4. The van der Waals surface area contributed by atoms with Gasteiger partial charge in [0.05, 0.1) is 11.0 Å². The summed E-state index contributed by atoms with van der Waals surface area (Å²) in [6.07, 6.45) is 6.03. The second kappa shape index (κ2) is 5.95. The number of nitrogens with zero attached hydrogens (tertiary/aromatic N) is 3. The van der Waals surface area contributed by atoms with Crippen LogP contribution >= 0.6 is 0 Å². The fourth-order valence-corrected chi connectivity index (χ4v) is 4.95. The predicted octanol–water partition coefficient (Wildman–Crippen LogP) is 3.51. The van der Waals surface area contributed by atoms with Gasteiger partial charge in [0.1, 0.15) is 11.3 Å². The minimum atomic E-state index is 0.559. The van der Waals surface area contributed by atoms with Crippen molar-refractivity contribution in [2.24, 2.45) is 11.3 Å². The molecule has 3 aromatic rings. The molecule has 2 aliphatic rings. The quantitative estimate of drug-likeness (QED) is 0.740.